The summed E-state index contributed by atoms with van der Waals surface area (Å²) in [6.45, 7) is 4.39. The average molecular weight is 308 g/mol. The summed E-state index contributed by atoms with van der Waals surface area (Å²) in [7, 11) is -3.81. The van der Waals surface area contributed by atoms with Crippen molar-refractivity contribution in [1.82, 2.24) is 14.5 Å². The van der Waals surface area contributed by atoms with Gasteiger partial charge in [-0.25, -0.2) is 8.42 Å². The van der Waals surface area contributed by atoms with Crippen LogP contribution in [0.3, 0.4) is 0 Å². The summed E-state index contributed by atoms with van der Waals surface area (Å²) in [6, 6.07) is -0.315. The van der Waals surface area contributed by atoms with Crippen LogP contribution < -0.4 is 5.32 Å². The Balaban J connectivity index is 3.04. The number of carbonyl (C=O) groups is 1. The van der Waals surface area contributed by atoms with Crippen LogP contribution in [0.5, 0.6) is 0 Å². The summed E-state index contributed by atoms with van der Waals surface area (Å²) in [6.07, 6.45) is 0. The molecule has 1 rings (SSSR count). The number of aromatic nitrogens is 2. The van der Waals surface area contributed by atoms with E-state index in [0.29, 0.717) is 0 Å². The molecular weight excluding hydrogens is 292 g/mol. The maximum absolute atomic E-state index is 12.3. The lowest BCUT2D eigenvalue weighted by Crippen LogP contribution is -2.38. The fraction of sp³-hybridized carbons (Fsp3) is 0.667. The van der Waals surface area contributed by atoms with Crippen molar-refractivity contribution in [3.05, 3.63) is 0 Å². The van der Waals surface area contributed by atoms with Crippen LogP contribution in [-0.2, 0) is 14.8 Å². The number of hydrogen-bond acceptors (Lipinski definition) is 7. The van der Waals surface area contributed by atoms with E-state index in [1.165, 1.54) is 6.92 Å². The first-order valence-electron chi connectivity index (χ1n) is 5.52. The summed E-state index contributed by atoms with van der Waals surface area (Å²) in [5.74, 6) is -0.351. The molecule has 1 aromatic heterocycles. The van der Waals surface area contributed by atoms with Crippen molar-refractivity contribution >= 4 is 32.4 Å². The van der Waals surface area contributed by atoms with Gasteiger partial charge in [0.05, 0.1) is 6.61 Å². The van der Waals surface area contributed by atoms with Gasteiger partial charge < -0.3 is 10.4 Å². The third-order valence-electron chi connectivity index (χ3n) is 2.12. The molecule has 0 atom stereocenters. The van der Waals surface area contributed by atoms with Gasteiger partial charge in [-0.3, -0.25) is 4.79 Å². The molecule has 108 valence electrons. The molecule has 0 aromatic carbocycles. The van der Waals surface area contributed by atoms with E-state index in [-0.39, 0.29) is 34.6 Å². The largest absolute Gasteiger partial charge is 0.395 e. The zero-order valence-corrected chi connectivity index (χ0v) is 12.5. The van der Waals surface area contributed by atoms with Crippen molar-refractivity contribution < 1.29 is 18.3 Å². The van der Waals surface area contributed by atoms with Crippen molar-refractivity contribution in [1.29, 1.82) is 0 Å². The third-order valence-corrected chi connectivity index (χ3v) is 5.38. The van der Waals surface area contributed by atoms with Crippen LogP contribution in [0.1, 0.15) is 20.8 Å². The molecule has 0 unspecified atom stereocenters. The lowest BCUT2D eigenvalue weighted by Gasteiger charge is -2.23. The number of nitrogens with one attached hydrogen (secondary N) is 1. The van der Waals surface area contributed by atoms with E-state index >= 15 is 0 Å². The lowest BCUT2D eigenvalue weighted by molar-refractivity contribution is -0.114. The molecule has 19 heavy (non-hydrogen) atoms. The average Bonchev–Trinajstić information content (AvgIpc) is 2.73. The van der Waals surface area contributed by atoms with Gasteiger partial charge in [-0.1, -0.05) is 11.3 Å². The highest BCUT2D eigenvalue weighted by molar-refractivity contribution is 7.91. The number of hydrogen-bond donors (Lipinski definition) is 2. The number of nitrogens with zero attached hydrogens (tertiary/aromatic N) is 3. The lowest BCUT2D eigenvalue weighted by atomic mass is 10.4. The maximum Gasteiger partial charge on any atom is 0.272 e. The maximum atomic E-state index is 12.3. The Bertz CT molecular complexity index is 540. The monoisotopic (exact) mass is 308 g/mol. The van der Waals surface area contributed by atoms with E-state index in [9.17, 15) is 13.2 Å². The molecule has 0 bridgehead atoms. The van der Waals surface area contributed by atoms with Crippen molar-refractivity contribution in [2.24, 2.45) is 0 Å². The molecule has 1 aromatic rings. The summed E-state index contributed by atoms with van der Waals surface area (Å²) in [5.41, 5.74) is 0. The first-order chi connectivity index (χ1) is 8.78. The Kier molecular flexibility index (Phi) is 5.35. The fourth-order valence-electron chi connectivity index (χ4n) is 1.37. The van der Waals surface area contributed by atoms with Crippen LogP contribution >= 0.6 is 11.3 Å². The second-order valence-electron chi connectivity index (χ2n) is 3.99. The minimum Gasteiger partial charge on any atom is -0.395 e. The smallest absolute Gasteiger partial charge is 0.272 e. The van der Waals surface area contributed by atoms with Crippen LogP contribution in [0.4, 0.5) is 5.13 Å². The Morgan fingerprint density at radius 2 is 2.11 bits per heavy atom. The molecule has 2 N–H and O–H groups in total. The second-order valence-corrected chi connectivity index (χ2v) is 7.03. The highest BCUT2D eigenvalue weighted by Gasteiger charge is 2.30. The number of amides is 1. The first-order valence-corrected chi connectivity index (χ1v) is 7.78. The summed E-state index contributed by atoms with van der Waals surface area (Å²) < 4.78 is 25.5. The minimum absolute atomic E-state index is 0.0188. The van der Waals surface area contributed by atoms with Crippen LogP contribution in [0.15, 0.2) is 4.34 Å². The molecule has 10 heteroatoms. The van der Waals surface area contributed by atoms with Gasteiger partial charge in [0.2, 0.25) is 15.4 Å². The van der Waals surface area contributed by atoms with Crippen molar-refractivity contribution in [3.8, 4) is 0 Å². The molecule has 0 spiro atoms. The van der Waals surface area contributed by atoms with Crippen LogP contribution in [0.2, 0.25) is 0 Å². The predicted octanol–water partition coefficient (Wildman–Crippen LogP) is -0.112. The molecule has 0 aliphatic heterocycles. The fourth-order valence-corrected chi connectivity index (χ4v) is 4.06. The van der Waals surface area contributed by atoms with E-state index in [2.05, 4.69) is 15.5 Å². The summed E-state index contributed by atoms with van der Waals surface area (Å²) in [4.78, 5) is 10.9. The molecular formula is C9H16N4O4S2. The Labute approximate surface area is 115 Å². The summed E-state index contributed by atoms with van der Waals surface area (Å²) >= 11 is 0.774. The van der Waals surface area contributed by atoms with Crippen LogP contribution in [0, 0.1) is 0 Å². The molecule has 0 aliphatic rings. The van der Waals surface area contributed by atoms with Crippen LogP contribution in [0.25, 0.3) is 0 Å². The summed E-state index contributed by atoms with van der Waals surface area (Å²) in [5, 5.41) is 18.6. The number of anilines is 1. The minimum atomic E-state index is -3.81. The molecule has 0 aliphatic carbocycles. The van der Waals surface area contributed by atoms with E-state index in [1.54, 1.807) is 13.8 Å². The Hall–Kier alpha value is -1.10. The number of sulfonamides is 1. The third kappa shape index (κ3) is 3.93. The van der Waals surface area contributed by atoms with Crippen molar-refractivity contribution in [2.75, 3.05) is 18.5 Å². The molecule has 1 amide bonds. The Morgan fingerprint density at radius 3 is 2.58 bits per heavy atom. The molecule has 1 heterocycles. The van der Waals surface area contributed by atoms with Gasteiger partial charge in [-0.05, 0) is 13.8 Å². The van der Waals surface area contributed by atoms with Crippen molar-refractivity contribution in [2.45, 2.75) is 31.2 Å². The quantitative estimate of drug-likeness (QED) is 0.709. The molecule has 0 fully saturated rings. The van der Waals surface area contributed by atoms with Crippen molar-refractivity contribution in [3.63, 3.8) is 0 Å². The highest BCUT2D eigenvalue weighted by atomic mass is 32.2. The van der Waals surface area contributed by atoms with Gasteiger partial charge >= 0.3 is 0 Å². The van der Waals surface area contributed by atoms with E-state index in [4.69, 9.17) is 5.11 Å². The van der Waals surface area contributed by atoms with Crippen LogP contribution in [-0.4, -0.2) is 53.1 Å². The topological polar surface area (TPSA) is 112 Å². The number of carbonyl (C=O) groups excluding carboxylic acids is 1. The van der Waals surface area contributed by atoms with Gasteiger partial charge in [0.25, 0.3) is 10.0 Å². The first kappa shape index (κ1) is 16.0. The van der Waals surface area contributed by atoms with E-state index < -0.39 is 10.0 Å². The molecule has 0 radical (unpaired) electrons. The van der Waals surface area contributed by atoms with Gasteiger partial charge in [0.1, 0.15) is 0 Å². The van der Waals surface area contributed by atoms with E-state index in [1.807, 2.05) is 0 Å². The van der Waals surface area contributed by atoms with Gasteiger partial charge in [0.15, 0.2) is 0 Å². The van der Waals surface area contributed by atoms with Gasteiger partial charge in [-0.2, -0.15) is 4.31 Å². The zero-order chi connectivity index (χ0) is 14.6. The SMILES string of the molecule is CC(=O)Nc1nnc(S(=O)(=O)N(CCO)C(C)C)s1. The normalized spacial score (nSPS) is 12.1. The molecule has 0 saturated carbocycles. The van der Waals surface area contributed by atoms with E-state index in [0.717, 1.165) is 15.6 Å². The predicted molar refractivity (Wildman–Crippen MR) is 70.3 cm³/mol. The molecule has 0 saturated heterocycles. The zero-order valence-electron chi connectivity index (χ0n) is 10.8. The number of aliphatic hydroxyl groups excluding tert-OH is 1. The standard InChI is InChI=1S/C9H16N4O4S2/c1-6(2)13(4-5-14)19(16,17)9-12-11-8(18-9)10-7(3)15/h6,14H,4-5H2,1-3H3,(H,10,11,15). The highest BCUT2D eigenvalue weighted by Crippen LogP contribution is 2.24. The number of aliphatic hydroxyl groups is 1. The molecule has 8 nitrogen and oxygen atoms in total. The Morgan fingerprint density at radius 1 is 1.47 bits per heavy atom. The number of rotatable bonds is 6. The second kappa shape index (κ2) is 6.37. The van der Waals surface area contributed by atoms with Gasteiger partial charge in [-0.15, -0.1) is 10.2 Å². The van der Waals surface area contributed by atoms with Gasteiger partial charge in [0, 0.05) is 19.5 Å².